The van der Waals surface area contributed by atoms with Crippen molar-refractivity contribution in [3.8, 4) is 23.3 Å². The number of amides is 1. The van der Waals surface area contributed by atoms with E-state index < -0.39 is 11.9 Å². The molecule has 3 aromatic rings. The first-order chi connectivity index (χ1) is 18.1. The fraction of sp³-hybridized carbons (Fsp3) is 0.233. The number of hydrogen-bond acceptors (Lipinski definition) is 6. The van der Waals surface area contributed by atoms with Crippen LogP contribution < -0.4 is 19.5 Å². The number of carbonyl (C=O) groups is 2. The topological polar surface area (TPSA) is 97.6 Å². The number of esters is 1. The van der Waals surface area contributed by atoms with Crippen LogP contribution in [0.25, 0.3) is 6.08 Å². The van der Waals surface area contributed by atoms with Crippen molar-refractivity contribution in [1.29, 1.82) is 5.26 Å². The maximum atomic E-state index is 12.5. The molecule has 0 heterocycles. The number of halogens is 1. The lowest BCUT2D eigenvalue weighted by atomic mass is 9.86. The monoisotopic (exact) mass is 576 g/mol. The molecular formula is C30H29BrN2O5. The van der Waals surface area contributed by atoms with Crippen molar-refractivity contribution in [3.05, 3.63) is 93.5 Å². The maximum absolute atomic E-state index is 12.5. The molecule has 0 bridgehead atoms. The minimum atomic E-state index is -0.604. The number of hydrogen-bond donors (Lipinski definition) is 1. The predicted octanol–water partition coefficient (Wildman–Crippen LogP) is 5.96. The summed E-state index contributed by atoms with van der Waals surface area (Å²) in [5.41, 5.74) is 2.16. The van der Waals surface area contributed by atoms with E-state index in [4.69, 9.17) is 14.2 Å². The van der Waals surface area contributed by atoms with Gasteiger partial charge in [-0.15, -0.1) is 0 Å². The molecule has 196 valence electrons. The summed E-state index contributed by atoms with van der Waals surface area (Å²) < 4.78 is 17.5. The van der Waals surface area contributed by atoms with Crippen LogP contribution in [0.15, 0.2) is 76.8 Å². The Labute approximate surface area is 231 Å². The molecule has 1 amide bonds. The Morgan fingerprint density at radius 2 is 1.71 bits per heavy atom. The number of nitrogens with one attached hydrogen (secondary N) is 1. The molecule has 0 radical (unpaired) electrons. The third-order valence-corrected chi connectivity index (χ3v) is 5.97. The van der Waals surface area contributed by atoms with E-state index >= 15 is 0 Å². The van der Waals surface area contributed by atoms with Crippen molar-refractivity contribution < 1.29 is 23.8 Å². The molecule has 0 saturated carbocycles. The number of methoxy groups -OCH3 is 1. The van der Waals surface area contributed by atoms with Crippen molar-refractivity contribution in [2.75, 3.05) is 13.7 Å². The molecule has 1 N–H and O–H groups in total. The molecule has 8 heteroatoms. The first-order valence-electron chi connectivity index (χ1n) is 11.9. The first-order valence-corrected chi connectivity index (χ1v) is 12.7. The molecule has 0 saturated heterocycles. The van der Waals surface area contributed by atoms with Crippen molar-refractivity contribution in [2.24, 2.45) is 0 Å². The van der Waals surface area contributed by atoms with E-state index in [1.54, 1.807) is 18.2 Å². The van der Waals surface area contributed by atoms with Crippen molar-refractivity contribution >= 4 is 33.9 Å². The molecule has 3 rings (SSSR count). The van der Waals surface area contributed by atoms with Gasteiger partial charge in [0.25, 0.3) is 5.91 Å². The molecular weight excluding hydrogens is 548 g/mol. The lowest BCUT2D eigenvalue weighted by Crippen LogP contribution is -2.23. The van der Waals surface area contributed by atoms with Gasteiger partial charge in [-0.2, -0.15) is 5.26 Å². The smallest absolute Gasteiger partial charge is 0.349 e. The van der Waals surface area contributed by atoms with Crippen LogP contribution >= 0.6 is 15.9 Å². The molecule has 0 fully saturated rings. The largest absolute Gasteiger partial charge is 0.493 e. The minimum Gasteiger partial charge on any atom is -0.493 e. The van der Waals surface area contributed by atoms with Crippen LogP contribution in [-0.4, -0.2) is 25.6 Å². The highest BCUT2D eigenvalue weighted by molar-refractivity contribution is 9.10. The van der Waals surface area contributed by atoms with Crippen LogP contribution in [0.1, 0.15) is 37.5 Å². The summed E-state index contributed by atoms with van der Waals surface area (Å²) in [4.78, 5) is 25.0. The van der Waals surface area contributed by atoms with E-state index in [0.29, 0.717) is 17.9 Å². The average molecular weight is 577 g/mol. The van der Waals surface area contributed by atoms with Crippen molar-refractivity contribution in [2.45, 2.75) is 32.7 Å². The van der Waals surface area contributed by atoms with Gasteiger partial charge in [0.05, 0.1) is 7.11 Å². The highest BCUT2D eigenvalue weighted by atomic mass is 79.9. The van der Waals surface area contributed by atoms with Crippen molar-refractivity contribution in [1.82, 2.24) is 5.32 Å². The zero-order valence-corrected chi connectivity index (χ0v) is 23.3. The first kappa shape index (κ1) is 28.5. The van der Waals surface area contributed by atoms with Crippen LogP contribution in [0.2, 0.25) is 0 Å². The Morgan fingerprint density at radius 3 is 2.37 bits per heavy atom. The third kappa shape index (κ3) is 7.95. The fourth-order valence-corrected chi connectivity index (χ4v) is 3.91. The van der Waals surface area contributed by atoms with Gasteiger partial charge in [0, 0.05) is 16.6 Å². The summed E-state index contributed by atoms with van der Waals surface area (Å²) in [6.07, 6.45) is 1.44. The standard InChI is InChI=1S/C30H29BrN2O5/c1-30(2,3)24-16-23(31)11-13-25(24)37-19-28(34)38-26-12-10-21(15-27(26)36-4)14-22(17-32)29(35)33-18-20-8-6-5-7-9-20/h5-16H,18-19H2,1-4H3,(H,33,35)/b22-14+. The molecule has 3 aromatic carbocycles. The van der Waals surface area contributed by atoms with Gasteiger partial charge in [0.2, 0.25) is 0 Å². The molecule has 38 heavy (non-hydrogen) atoms. The lowest BCUT2D eigenvalue weighted by Gasteiger charge is -2.23. The SMILES string of the molecule is COc1cc(/C=C(\C#N)C(=O)NCc2ccccc2)ccc1OC(=O)COc1ccc(Br)cc1C(C)(C)C. The summed E-state index contributed by atoms with van der Waals surface area (Å²) in [7, 11) is 1.44. The molecule has 0 aliphatic carbocycles. The Bertz CT molecular complexity index is 1370. The summed E-state index contributed by atoms with van der Waals surface area (Å²) in [6, 6.07) is 21.7. The van der Waals surface area contributed by atoms with Gasteiger partial charge in [-0.05, 0) is 52.9 Å². The van der Waals surface area contributed by atoms with Gasteiger partial charge in [-0.3, -0.25) is 4.79 Å². The summed E-state index contributed by atoms with van der Waals surface area (Å²) in [5.74, 6) is -0.0390. The van der Waals surface area contributed by atoms with Crippen LogP contribution in [0.5, 0.6) is 17.2 Å². The normalized spacial score (nSPS) is 11.3. The number of rotatable bonds is 9. The molecule has 0 atom stereocenters. The number of nitriles is 1. The Morgan fingerprint density at radius 1 is 1.00 bits per heavy atom. The second kappa shape index (κ2) is 12.9. The summed E-state index contributed by atoms with van der Waals surface area (Å²) >= 11 is 3.47. The fourth-order valence-electron chi connectivity index (χ4n) is 3.55. The van der Waals surface area contributed by atoms with Gasteiger partial charge < -0.3 is 19.5 Å². The Hall–Kier alpha value is -4.09. The zero-order valence-electron chi connectivity index (χ0n) is 21.7. The van der Waals surface area contributed by atoms with Gasteiger partial charge in [-0.1, -0.05) is 73.1 Å². The maximum Gasteiger partial charge on any atom is 0.349 e. The zero-order chi connectivity index (χ0) is 27.7. The number of benzene rings is 3. The van der Waals surface area contributed by atoms with Crippen LogP contribution in [-0.2, 0) is 21.5 Å². The Balaban J connectivity index is 1.67. The second-order valence-corrected chi connectivity index (χ2v) is 10.3. The van der Waals surface area contributed by atoms with Crippen LogP contribution in [0, 0.1) is 11.3 Å². The minimum absolute atomic E-state index is 0.0646. The van der Waals surface area contributed by atoms with E-state index in [1.807, 2.05) is 54.6 Å². The highest BCUT2D eigenvalue weighted by Crippen LogP contribution is 2.34. The number of carbonyl (C=O) groups excluding carboxylic acids is 2. The average Bonchev–Trinajstić information content (AvgIpc) is 2.90. The molecule has 0 aliphatic heterocycles. The van der Waals surface area contributed by atoms with Crippen LogP contribution in [0.4, 0.5) is 0 Å². The van der Waals surface area contributed by atoms with Gasteiger partial charge in [0.15, 0.2) is 18.1 Å². The van der Waals surface area contributed by atoms with E-state index in [1.165, 1.54) is 13.2 Å². The number of nitrogens with zero attached hydrogens (tertiary/aromatic N) is 1. The third-order valence-electron chi connectivity index (χ3n) is 5.48. The molecule has 7 nitrogen and oxygen atoms in total. The molecule has 0 unspecified atom stereocenters. The summed E-state index contributed by atoms with van der Waals surface area (Å²) in [5, 5.41) is 12.2. The molecule has 0 spiro atoms. The van der Waals surface area contributed by atoms with Gasteiger partial charge >= 0.3 is 5.97 Å². The summed E-state index contributed by atoms with van der Waals surface area (Å²) in [6.45, 7) is 6.19. The van der Waals surface area contributed by atoms with E-state index in [-0.39, 0.29) is 29.1 Å². The molecule has 0 aromatic heterocycles. The van der Waals surface area contributed by atoms with Gasteiger partial charge in [-0.25, -0.2) is 4.79 Å². The quantitative estimate of drug-likeness (QED) is 0.146. The molecule has 0 aliphatic rings. The van der Waals surface area contributed by atoms with E-state index in [2.05, 4.69) is 42.0 Å². The predicted molar refractivity (Wildman–Crippen MR) is 149 cm³/mol. The van der Waals surface area contributed by atoms with E-state index in [0.717, 1.165) is 15.6 Å². The van der Waals surface area contributed by atoms with E-state index in [9.17, 15) is 14.9 Å². The second-order valence-electron chi connectivity index (χ2n) is 9.40. The number of ether oxygens (including phenoxy) is 3. The lowest BCUT2D eigenvalue weighted by molar-refractivity contribution is -0.136. The van der Waals surface area contributed by atoms with Gasteiger partial charge in [0.1, 0.15) is 17.4 Å². The Kier molecular flexibility index (Phi) is 9.69. The van der Waals surface area contributed by atoms with Crippen molar-refractivity contribution in [3.63, 3.8) is 0 Å². The van der Waals surface area contributed by atoms with Crippen LogP contribution in [0.3, 0.4) is 0 Å². The highest BCUT2D eigenvalue weighted by Gasteiger charge is 2.21.